The molecule has 14 heavy (non-hydrogen) atoms. The molecule has 0 aromatic rings. The molecule has 0 spiro atoms. The summed E-state index contributed by atoms with van der Waals surface area (Å²) in [5.41, 5.74) is 0. The monoisotopic (exact) mass is 198 g/mol. The molecule has 0 aromatic heterocycles. The molecule has 0 bridgehead atoms. The molecule has 2 fully saturated rings. The minimum atomic E-state index is 0.466. The van der Waals surface area contributed by atoms with Gasteiger partial charge in [-0.1, -0.05) is 6.92 Å². The first kappa shape index (κ1) is 10.4. The Hall–Kier alpha value is -0.120. The zero-order chi connectivity index (χ0) is 9.97. The van der Waals surface area contributed by atoms with Gasteiger partial charge in [0.2, 0.25) is 0 Å². The van der Waals surface area contributed by atoms with Crippen molar-refractivity contribution < 1.29 is 4.74 Å². The highest BCUT2D eigenvalue weighted by Gasteiger charge is 2.29. The fourth-order valence-electron chi connectivity index (χ4n) is 2.34. The number of ether oxygens (including phenoxy) is 1. The Balaban J connectivity index is 1.78. The number of hydrogen-bond donors (Lipinski definition) is 2. The normalized spacial score (nSPS) is 45.0. The van der Waals surface area contributed by atoms with Gasteiger partial charge in [-0.2, -0.15) is 0 Å². The minimum Gasteiger partial charge on any atom is -0.378 e. The third kappa shape index (κ3) is 2.47. The van der Waals surface area contributed by atoms with Gasteiger partial charge >= 0.3 is 0 Å². The lowest BCUT2D eigenvalue weighted by atomic mass is 9.91. The first-order valence-electron chi connectivity index (χ1n) is 5.84. The van der Waals surface area contributed by atoms with Crippen LogP contribution in [0.4, 0.5) is 0 Å². The fourth-order valence-corrected chi connectivity index (χ4v) is 2.34. The molecule has 2 unspecified atom stereocenters. The second kappa shape index (κ2) is 4.60. The Morgan fingerprint density at radius 3 is 2.36 bits per heavy atom. The average Bonchev–Trinajstić information content (AvgIpc) is 2.21. The lowest BCUT2D eigenvalue weighted by Crippen LogP contribution is -2.54. The highest BCUT2D eigenvalue weighted by atomic mass is 16.5. The highest BCUT2D eigenvalue weighted by Crippen LogP contribution is 2.24. The van der Waals surface area contributed by atoms with Crippen LogP contribution in [0.1, 0.15) is 26.7 Å². The van der Waals surface area contributed by atoms with E-state index in [1.54, 1.807) is 0 Å². The second-order valence-electron chi connectivity index (χ2n) is 4.85. The van der Waals surface area contributed by atoms with E-state index in [9.17, 15) is 0 Å². The van der Waals surface area contributed by atoms with E-state index in [0.717, 1.165) is 25.6 Å². The maximum absolute atomic E-state index is 5.88. The molecule has 0 aromatic carbocycles. The van der Waals surface area contributed by atoms with Crippen molar-refractivity contribution in [2.45, 2.75) is 39.0 Å². The van der Waals surface area contributed by atoms with Crippen molar-refractivity contribution in [1.29, 1.82) is 0 Å². The Kier molecular flexibility index (Phi) is 3.42. The van der Waals surface area contributed by atoms with Crippen LogP contribution >= 0.6 is 0 Å². The van der Waals surface area contributed by atoms with Gasteiger partial charge in [0.05, 0.1) is 12.3 Å². The van der Waals surface area contributed by atoms with Crippen LogP contribution < -0.4 is 10.6 Å². The summed E-state index contributed by atoms with van der Waals surface area (Å²) in [4.78, 5) is 0. The van der Waals surface area contributed by atoms with Gasteiger partial charge in [-0.05, 0) is 25.7 Å². The summed E-state index contributed by atoms with van der Waals surface area (Å²) in [5.74, 6) is 1.42. The minimum absolute atomic E-state index is 0.466. The molecule has 2 rings (SSSR count). The lowest BCUT2D eigenvalue weighted by molar-refractivity contribution is -0.0476. The topological polar surface area (TPSA) is 33.3 Å². The molecule has 2 aliphatic rings. The zero-order valence-corrected chi connectivity index (χ0v) is 9.25. The lowest BCUT2D eigenvalue weighted by Gasteiger charge is -2.37. The molecule has 3 heteroatoms. The van der Waals surface area contributed by atoms with E-state index in [2.05, 4.69) is 24.5 Å². The summed E-state index contributed by atoms with van der Waals surface area (Å²) in [6.45, 7) is 7.60. The molecule has 0 amide bonds. The molecule has 82 valence electrons. The summed E-state index contributed by atoms with van der Waals surface area (Å²) < 4.78 is 5.88. The molecule has 0 radical (unpaired) electrons. The van der Waals surface area contributed by atoms with E-state index < -0.39 is 0 Å². The fraction of sp³-hybridized carbons (Fsp3) is 1.00. The Morgan fingerprint density at radius 1 is 1.07 bits per heavy atom. The zero-order valence-electron chi connectivity index (χ0n) is 9.25. The third-order valence-corrected chi connectivity index (χ3v) is 3.44. The molecular weight excluding hydrogens is 176 g/mol. The molecule has 2 saturated heterocycles. The highest BCUT2D eigenvalue weighted by molar-refractivity contribution is 4.83. The summed E-state index contributed by atoms with van der Waals surface area (Å²) in [6.07, 6.45) is 3.52. The molecule has 2 N–H and O–H groups in total. The van der Waals surface area contributed by atoms with E-state index in [4.69, 9.17) is 4.74 Å². The van der Waals surface area contributed by atoms with Crippen LogP contribution in [0.5, 0.6) is 0 Å². The van der Waals surface area contributed by atoms with Crippen LogP contribution in [0.3, 0.4) is 0 Å². The van der Waals surface area contributed by atoms with Crippen LogP contribution in [0.25, 0.3) is 0 Å². The van der Waals surface area contributed by atoms with Crippen LogP contribution in [0.2, 0.25) is 0 Å². The van der Waals surface area contributed by atoms with Gasteiger partial charge in [0.25, 0.3) is 0 Å². The van der Waals surface area contributed by atoms with Crippen molar-refractivity contribution in [2.24, 2.45) is 11.8 Å². The van der Waals surface area contributed by atoms with Gasteiger partial charge < -0.3 is 15.4 Å². The van der Waals surface area contributed by atoms with E-state index >= 15 is 0 Å². The van der Waals surface area contributed by atoms with E-state index in [1.165, 1.54) is 12.8 Å². The maximum Gasteiger partial charge on any atom is 0.0627 e. The molecule has 2 heterocycles. The van der Waals surface area contributed by atoms with Crippen molar-refractivity contribution in [2.75, 3.05) is 19.7 Å². The molecule has 2 atom stereocenters. The molecular formula is C11H22N2O. The van der Waals surface area contributed by atoms with Gasteiger partial charge in [-0.15, -0.1) is 0 Å². The first-order valence-corrected chi connectivity index (χ1v) is 5.84. The van der Waals surface area contributed by atoms with Gasteiger partial charge in [0, 0.05) is 25.6 Å². The molecule has 0 saturated carbocycles. The summed E-state index contributed by atoms with van der Waals surface area (Å²) in [6, 6.07) is 0. The average molecular weight is 198 g/mol. The quantitative estimate of drug-likeness (QED) is 0.658. The smallest absolute Gasteiger partial charge is 0.0627 e. The van der Waals surface area contributed by atoms with Crippen LogP contribution in [-0.2, 0) is 4.74 Å². The van der Waals surface area contributed by atoms with Crippen molar-refractivity contribution in [3.05, 3.63) is 0 Å². The molecule has 2 aliphatic heterocycles. The summed E-state index contributed by atoms with van der Waals surface area (Å²) >= 11 is 0. The van der Waals surface area contributed by atoms with E-state index in [-0.39, 0.29) is 0 Å². The molecule has 0 aliphatic carbocycles. The molecule has 3 nitrogen and oxygen atoms in total. The van der Waals surface area contributed by atoms with Gasteiger partial charge in [0.1, 0.15) is 0 Å². The van der Waals surface area contributed by atoms with Crippen molar-refractivity contribution in [3.8, 4) is 0 Å². The standard InChI is InChI=1S/C11H22N2O/c1-8-3-4-11(14-7-8)10-5-12-9(2)13-6-10/h8-13H,3-7H2,1-2H3. The Labute approximate surface area is 86.6 Å². The van der Waals surface area contributed by atoms with E-state index in [0.29, 0.717) is 18.2 Å². The van der Waals surface area contributed by atoms with Crippen LogP contribution in [0, 0.1) is 11.8 Å². The summed E-state index contributed by atoms with van der Waals surface area (Å²) in [5, 5.41) is 6.90. The largest absolute Gasteiger partial charge is 0.378 e. The first-order chi connectivity index (χ1) is 6.75. The van der Waals surface area contributed by atoms with Gasteiger partial charge in [-0.3, -0.25) is 0 Å². The second-order valence-corrected chi connectivity index (χ2v) is 4.85. The predicted molar refractivity (Wildman–Crippen MR) is 57.1 cm³/mol. The van der Waals surface area contributed by atoms with Crippen molar-refractivity contribution >= 4 is 0 Å². The third-order valence-electron chi connectivity index (χ3n) is 3.44. The van der Waals surface area contributed by atoms with Crippen LogP contribution in [0.15, 0.2) is 0 Å². The van der Waals surface area contributed by atoms with Crippen molar-refractivity contribution in [1.82, 2.24) is 10.6 Å². The SMILES string of the molecule is CC1CCC(C2CNC(C)NC2)OC1. The Bertz CT molecular complexity index is 150. The predicted octanol–water partition coefficient (Wildman–Crippen LogP) is 0.956. The number of nitrogens with one attached hydrogen (secondary N) is 2. The Morgan fingerprint density at radius 2 is 1.79 bits per heavy atom. The van der Waals surface area contributed by atoms with Crippen LogP contribution in [-0.4, -0.2) is 32.0 Å². The number of hydrogen-bond acceptors (Lipinski definition) is 3. The number of rotatable bonds is 1. The van der Waals surface area contributed by atoms with E-state index in [1.807, 2.05) is 0 Å². The maximum atomic E-state index is 5.88. The van der Waals surface area contributed by atoms with Gasteiger partial charge in [-0.25, -0.2) is 0 Å². The van der Waals surface area contributed by atoms with Gasteiger partial charge in [0.15, 0.2) is 0 Å². The van der Waals surface area contributed by atoms with Crippen molar-refractivity contribution in [3.63, 3.8) is 0 Å². The summed E-state index contributed by atoms with van der Waals surface area (Å²) in [7, 11) is 0.